The van der Waals surface area contributed by atoms with Crippen molar-refractivity contribution in [1.82, 2.24) is 4.90 Å². The Kier molecular flexibility index (Phi) is 5.51. The van der Waals surface area contributed by atoms with Gasteiger partial charge < -0.3 is 9.47 Å². The fourth-order valence-electron chi connectivity index (χ4n) is 6.48. The smallest absolute Gasteiger partial charge is 0.309 e. The zero-order valence-electron chi connectivity index (χ0n) is 18.3. The number of esters is 1. The van der Waals surface area contributed by atoms with Crippen molar-refractivity contribution in [3.63, 3.8) is 0 Å². The lowest BCUT2D eigenvalue weighted by Crippen LogP contribution is -2.44. The summed E-state index contributed by atoms with van der Waals surface area (Å²) in [6, 6.07) is 6.57. The second kappa shape index (κ2) is 8.34. The van der Waals surface area contributed by atoms with Crippen molar-refractivity contribution in [2.24, 2.45) is 29.6 Å². The van der Waals surface area contributed by atoms with Crippen molar-refractivity contribution in [3.05, 3.63) is 29.8 Å². The van der Waals surface area contributed by atoms with E-state index in [1.807, 2.05) is 0 Å². The molecule has 5 rings (SSSR count). The van der Waals surface area contributed by atoms with Crippen molar-refractivity contribution in [2.45, 2.75) is 51.0 Å². The molecule has 0 aromatic heterocycles. The molecule has 1 saturated heterocycles. The molecule has 1 heterocycles. The molecule has 3 saturated carbocycles. The molecular formula is C25H29NO6. The maximum Gasteiger partial charge on any atom is 0.309 e. The van der Waals surface area contributed by atoms with Crippen molar-refractivity contribution in [3.8, 4) is 5.75 Å². The number of methoxy groups -OCH3 is 1. The Morgan fingerprint density at radius 2 is 1.50 bits per heavy atom. The number of rotatable bonds is 6. The maximum atomic E-state index is 13.0. The summed E-state index contributed by atoms with van der Waals surface area (Å²) in [5, 5.41) is 0. The summed E-state index contributed by atoms with van der Waals surface area (Å²) in [6.07, 6.45) is 5.57. The van der Waals surface area contributed by atoms with E-state index in [2.05, 4.69) is 0 Å². The predicted octanol–water partition coefficient (Wildman–Crippen LogP) is 3.01. The molecule has 3 aliphatic carbocycles. The lowest BCUT2D eigenvalue weighted by Gasteiger charge is -2.33. The summed E-state index contributed by atoms with van der Waals surface area (Å²) < 4.78 is 10.4. The molecule has 4 aliphatic rings. The number of fused-ring (bicyclic) bond motifs is 5. The van der Waals surface area contributed by atoms with E-state index in [0.29, 0.717) is 48.8 Å². The second-order valence-corrected chi connectivity index (χ2v) is 9.70. The molecule has 0 N–H and O–H groups in total. The van der Waals surface area contributed by atoms with E-state index in [1.165, 1.54) is 0 Å². The number of Topliss-reactive ketones (excluding diaryl/α,β-unsaturated/α-hetero) is 1. The van der Waals surface area contributed by atoms with E-state index < -0.39 is 0 Å². The van der Waals surface area contributed by atoms with Gasteiger partial charge in [0, 0.05) is 11.6 Å². The van der Waals surface area contributed by atoms with Gasteiger partial charge in [0.2, 0.25) is 11.8 Å². The summed E-state index contributed by atoms with van der Waals surface area (Å²) in [5.41, 5.74) is 0.466. The van der Waals surface area contributed by atoms with Gasteiger partial charge in [0.15, 0.2) is 12.4 Å². The number of amides is 2. The fourth-order valence-corrected chi connectivity index (χ4v) is 6.48. The summed E-state index contributed by atoms with van der Waals surface area (Å²) in [4.78, 5) is 52.4. The minimum Gasteiger partial charge on any atom is -0.497 e. The lowest BCUT2D eigenvalue weighted by atomic mass is 9.81. The van der Waals surface area contributed by atoms with Crippen LogP contribution in [0.5, 0.6) is 5.75 Å². The number of hydrogen-bond donors (Lipinski definition) is 0. The van der Waals surface area contributed by atoms with Crippen LogP contribution in [0.3, 0.4) is 0 Å². The highest BCUT2D eigenvalue weighted by molar-refractivity contribution is 6.06. The van der Waals surface area contributed by atoms with Crippen LogP contribution in [0.1, 0.15) is 55.3 Å². The summed E-state index contributed by atoms with van der Waals surface area (Å²) in [6.45, 7) is -0.291. The lowest BCUT2D eigenvalue weighted by molar-refractivity contribution is -0.149. The van der Waals surface area contributed by atoms with Crippen LogP contribution in [0.15, 0.2) is 24.3 Å². The number of hydrogen-bond acceptors (Lipinski definition) is 6. The first kappa shape index (κ1) is 21.2. The normalized spacial score (nSPS) is 33.3. The molecule has 0 unspecified atom stereocenters. The van der Waals surface area contributed by atoms with Crippen molar-refractivity contribution < 1.29 is 28.7 Å². The summed E-state index contributed by atoms with van der Waals surface area (Å²) in [5.74, 6) is 0.387. The van der Waals surface area contributed by atoms with Gasteiger partial charge in [-0.1, -0.05) is 0 Å². The van der Waals surface area contributed by atoms with Crippen LogP contribution >= 0.6 is 0 Å². The van der Waals surface area contributed by atoms with Gasteiger partial charge >= 0.3 is 5.97 Å². The van der Waals surface area contributed by atoms with Crippen molar-refractivity contribution in [1.29, 1.82) is 0 Å². The van der Waals surface area contributed by atoms with Gasteiger partial charge in [-0.15, -0.1) is 0 Å². The SMILES string of the molecule is COc1ccc(C(=O)COC(=O)C2CCC(N3C(=O)[C@@H]4[C@H]5CC[C@@H](C5)[C@H]4C3=O)CC2)cc1. The molecule has 1 aromatic carbocycles. The number of benzene rings is 1. The highest BCUT2D eigenvalue weighted by atomic mass is 16.5. The Hall–Kier alpha value is -2.70. The Labute approximate surface area is 187 Å². The van der Waals surface area contributed by atoms with Crippen LogP contribution in [0.2, 0.25) is 0 Å². The first-order valence-electron chi connectivity index (χ1n) is 11.7. The highest BCUT2D eigenvalue weighted by Gasteiger charge is 2.61. The van der Waals surface area contributed by atoms with E-state index in [0.717, 1.165) is 19.3 Å². The molecule has 7 heteroatoms. The molecule has 1 aromatic rings. The van der Waals surface area contributed by atoms with Gasteiger partial charge in [-0.05, 0) is 81.0 Å². The number of nitrogens with zero attached hydrogens (tertiary/aromatic N) is 1. The van der Waals surface area contributed by atoms with Crippen LogP contribution in [0.4, 0.5) is 0 Å². The van der Waals surface area contributed by atoms with Gasteiger partial charge in [0.25, 0.3) is 0 Å². The zero-order chi connectivity index (χ0) is 22.4. The number of ether oxygens (including phenoxy) is 2. The highest BCUT2D eigenvalue weighted by Crippen LogP contribution is 2.56. The number of likely N-dealkylation sites (tertiary alicyclic amines) is 1. The molecule has 7 nitrogen and oxygen atoms in total. The Morgan fingerprint density at radius 1 is 0.906 bits per heavy atom. The number of ketones is 1. The Morgan fingerprint density at radius 3 is 2.06 bits per heavy atom. The molecule has 0 radical (unpaired) electrons. The number of carbonyl (C=O) groups is 4. The van der Waals surface area contributed by atoms with E-state index in [1.54, 1.807) is 36.3 Å². The fraction of sp³-hybridized carbons (Fsp3) is 0.600. The van der Waals surface area contributed by atoms with Crippen LogP contribution in [-0.4, -0.2) is 48.2 Å². The third-order valence-corrected chi connectivity index (χ3v) is 8.11. The third kappa shape index (κ3) is 3.51. The second-order valence-electron chi connectivity index (χ2n) is 9.70. The van der Waals surface area contributed by atoms with Gasteiger partial charge in [0.05, 0.1) is 24.9 Å². The van der Waals surface area contributed by atoms with Gasteiger partial charge in [-0.2, -0.15) is 0 Å². The number of carbonyl (C=O) groups excluding carboxylic acids is 4. The monoisotopic (exact) mass is 439 g/mol. The van der Waals surface area contributed by atoms with Crippen LogP contribution < -0.4 is 4.74 Å². The Balaban J connectivity index is 1.12. The molecule has 0 spiro atoms. The topological polar surface area (TPSA) is 90.0 Å². The first-order valence-corrected chi connectivity index (χ1v) is 11.7. The Bertz CT molecular complexity index is 904. The van der Waals surface area contributed by atoms with Gasteiger partial charge in [-0.3, -0.25) is 24.1 Å². The van der Waals surface area contributed by atoms with Crippen LogP contribution in [-0.2, 0) is 19.1 Å². The quantitative estimate of drug-likeness (QED) is 0.385. The largest absolute Gasteiger partial charge is 0.497 e. The van der Waals surface area contributed by atoms with Crippen molar-refractivity contribution >= 4 is 23.6 Å². The standard InChI is InChI=1S/C25H29NO6/c1-31-19-10-6-14(7-11-19)20(27)13-32-25(30)15-4-8-18(9-5-15)26-23(28)21-16-2-3-17(12-16)22(21)24(26)29/h6-7,10-11,15-18,21-22H,2-5,8-9,12-13H2,1H3/t15?,16-,17-,18?,21+,22+/m0/s1. The first-order chi connectivity index (χ1) is 15.5. The van der Waals surface area contributed by atoms with Crippen molar-refractivity contribution in [2.75, 3.05) is 13.7 Å². The molecule has 1 aliphatic heterocycles. The zero-order valence-corrected chi connectivity index (χ0v) is 18.3. The molecule has 2 amide bonds. The molecule has 170 valence electrons. The minimum absolute atomic E-state index is 0.0308. The third-order valence-electron chi connectivity index (χ3n) is 8.11. The molecule has 4 atom stereocenters. The average molecular weight is 440 g/mol. The molecular weight excluding hydrogens is 410 g/mol. The van der Waals surface area contributed by atoms with E-state index >= 15 is 0 Å². The van der Waals surface area contributed by atoms with Crippen LogP contribution in [0.25, 0.3) is 0 Å². The predicted molar refractivity (Wildman–Crippen MR) is 114 cm³/mol. The maximum absolute atomic E-state index is 13.0. The van der Waals surface area contributed by atoms with Crippen LogP contribution in [0, 0.1) is 29.6 Å². The van der Waals surface area contributed by atoms with Gasteiger partial charge in [0.1, 0.15) is 5.75 Å². The summed E-state index contributed by atoms with van der Waals surface area (Å²) >= 11 is 0. The molecule has 32 heavy (non-hydrogen) atoms. The average Bonchev–Trinajstić information content (AvgIpc) is 3.51. The van der Waals surface area contributed by atoms with E-state index in [-0.39, 0.29) is 54.0 Å². The molecule has 4 fully saturated rings. The van der Waals surface area contributed by atoms with E-state index in [4.69, 9.17) is 9.47 Å². The summed E-state index contributed by atoms with van der Waals surface area (Å²) in [7, 11) is 1.55. The van der Waals surface area contributed by atoms with Gasteiger partial charge in [-0.25, -0.2) is 0 Å². The van der Waals surface area contributed by atoms with E-state index in [9.17, 15) is 19.2 Å². The molecule has 2 bridgehead atoms. The minimum atomic E-state index is -0.376. The number of imide groups is 1.